The molecular formula is C17H26N6O. The number of aromatic nitrogens is 3. The lowest BCUT2D eigenvalue weighted by Crippen LogP contribution is -2.46. The van der Waals surface area contributed by atoms with E-state index in [1.54, 1.807) is 0 Å². The molecule has 1 aliphatic rings. The van der Waals surface area contributed by atoms with E-state index in [0.717, 1.165) is 49.9 Å². The molecule has 1 N–H and O–H groups in total. The second-order valence-corrected chi connectivity index (χ2v) is 6.41. The van der Waals surface area contributed by atoms with E-state index < -0.39 is 0 Å². The standard InChI is InChI=1S/C17H26N6O/c1-4-22-7-9-23(10-8-22)15-6-5-14(11-18-15)12-19-17-20-16(13(2)3)21-24-17/h5-6,11,13H,4,7-10,12H2,1-3H3,(H,19,20,21). The van der Waals surface area contributed by atoms with Crippen molar-refractivity contribution in [3.63, 3.8) is 0 Å². The molecule has 7 nitrogen and oxygen atoms in total. The number of hydrogen-bond donors (Lipinski definition) is 1. The van der Waals surface area contributed by atoms with Gasteiger partial charge in [0.2, 0.25) is 0 Å². The molecule has 0 atom stereocenters. The molecule has 7 heteroatoms. The summed E-state index contributed by atoms with van der Waals surface area (Å²) in [4.78, 5) is 13.7. The van der Waals surface area contributed by atoms with Crippen molar-refractivity contribution in [2.24, 2.45) is 0 Å². The molecule has 130 valence electrons. The van der Waals surface area contributed by atoms with Gasteiger partial charge >= 0.3 is 6.01 Å². The molecule has 3 rings (SSSR count). The molecule has 2 aromatic rings. The lowest BCUT2D eigenvalue weighted by atomic mass is 10.2. The summed E-state index contributed by atoms with van der Waals surface area (Å²) in [5.74, 6) is 2.03. The minimum atomic E-state index is 0.262. The molecule has 0 amide bonds. The average Bonchev–Trinajstić information content (AvgIpc) is 3.10. The van der Waals surface area contributed by atoms with E-state index in [4.69, 9.17) is 4.52 Å². The zero-order chi connectivity index (χ0) is 16.9. The van der Waals surface area contributed by atoms with Crippen molar-refractivity contribution in [2.45, 2.75) is 33.2 Å². The van der Waals surface area contributed by atoms with E-state index in [-0.39, 0.29) is 5.92 Å². The maximum atomic E-state index is 5.18. The molecular weight excluding hydrogens is 304 g/mol. The summed E-state index contributed by atoms with van der Waals surface area (Å²) in [5, 5.41) is 7.09. The van der Waals surface area contributed by atoms with Gasteiger partial charge in [0.25, 0.3) is 0 Å². The Balaban J connectivity index is 1.52. The molecule has 3 heterocycles. The predicted octanol–water partition coefficient (Wildman–Crippen LogP) is 2.34. The average molecular weight is 330 g/mol. The second kappa shape index (κ2) is 7.61. The molecule has 0 radical (unpaired) electrons. The maximum absolute atomic E-state index is 5.18. The first-order valence-electron chi connectivity index (χ1n) is 8.65. The lowest BCUT2D eigenvalue weighted by molar-refractivity contribution is 0.270. The van der Waals surface area contributed by atoms with Gasteiger partial charge in [0, 0.05) is 44.8 Å². The topological polar surface area (TPSA) is 70.3 Å². The van der Waals surface area contributed by atoms with Crippen molar-refractivity contribution in [3.05, 3.63) is 29.7 Å². The smallest absolute Gasteiger partial charge is 0.321 e. The van der Waals surface area contributed by atoms with Crippen LogP contribution in [0.4, 0.5) is 11.8 Å². The number of rotatable bonds is 6. The van der Waals surface area contributed by atoms with Crippen LogP contribution in [0.25, 0.3) is 0 Å². The maximum Gasteiger partial charge on any atom is 0.321 e. The fourth-order valence-corrected chi connectivity index (χ4v) is 2.72. The van der Waals surface area contributed by atoms with Crippen molar-refractivity contribution in [1.82, 2.24) is 20.0 Å². The van der Waals surface area contributed by atoms with E-state index in [9.17, 15) is 0 Å². The number of piperazine rings is 1. The highest BCUT2D eigenvalue weighted by atomic mass is 16.5. The Hall–Kier alpha value is -2.15. The van der Waals surface area contributed by atoms with Gasteiger partial charge in [-0.05, 0) is 18.2 Å². The molecule has 1 fully saturated rings. The van der Waals surface area contributed by atoms with Crippen molar-refractivity contribution in [3.8, 4) is 0 Å². The van der Waals surface area contributed by atoms with Crippen molar-refractivity contribution in [1.29, 1.82) is 0 Å². The molecule has 1 saturated heterocycles. The Morgan fingerprint density at radius 3 is 2.58 bits per heavy atom. The Bertz CT molecular complexity index is 631. The van der Waals surface area contributed by atoms with Crippen LogP contribution in [0.15, 0.2) is 22.9 Å². The van der Waals surface area contributed by atoms with E-state index >= 15 is 0 Å². The van der Waals surface area contributed by atoms with Crippen LogP contribution in [0.5, 0.6) is 0 Å². The molecule has 2 aromatic heterocycles. The van der Waals surface area contributed by atoms with Crippen LogP contribution in [0.3, 0.4) is 0 Å². The van der Waals surface area contributed by atoms with Gasteiger partial charge in [-0.1, -0.05) is 32.0 Å². The van der Waals surface area contributed by atoms with Crippen molar-refractivity contribution in [2.75, 3.05) is 42.9 Å². The Labute approximate surface area is 143 Å². The van der Waals surface area contributed by atoms with E-state index in [1.807, 2.05) is 20.0 Å². The SMILES string of the molecule is CCN1CCN(c2ccc(CNc3nc(C(C)C)no3)cn2)CC1. The molecule has 0 aromatic carbocycles. The first kappa shape index (κ1) is 16.7. The zero-order valence-electron chi connectivity index (χ0n) is 14.7. The van der Waals surface area contributed by atoms with Gasteiger partial charge < -0.3 is 19.6 Å². The first-order chi connectivity index (χ1) is 11.7. The Kier molecular flexibility index (Phi) is 5.30. The van der Waals surface area contributed by atoms with Crippen LogP contribution in [0, 0.1) is 0 Å². The van der Waals surface area contributed by atoms with E-state index in [2.05, 4.69) is 49.3 Å². The van der Waals surface area contributed by atoms with Gasteiger partial charge in [-0.25, -0.2) is 4.98 Å². The fraction of sp³-hybridized carbons (Fsp3) is 0.588. The quantitative estimate of drug-likeness (QED) is 0.871. The summed E-state index contributed by atoms with van der Waals surface area (Å²) >= 11 is 0. The van der Waals surface area contributed by atoms with Crippen molar-refractivity contribution >= 4 is 11.8 Å². The highest BCUT2D eigenvalue weighted by Crippen LogP contribution is 2.16. The van der Waals surface area contributed by atoms with Crippen LogP contribution in [0.1, 0.15) is 38.1 Å². The first-order valence-corrected chi connectivity index (χ1v) is 8.65. The summed E-state index contributed by atoms with van der Waals surface area (Å²) in [6, 6.07) is 4.64. The Morgan fingerprint density at radius 2 is 2.00 bits per heavy atom. The third kappa shape index (κ3) is 4.03. The van der Waals surface area contributed by atoms with E-state index in [0.29, 0.717) is 12.6 Å². The van der Waals surface area contributed by atoms with Gasteiger partial charge in [0.1, 0.15) is 5.82 Å². The number of nitrogens with one attached hydrogen (secondary N) is 1. The number of hydrogen-bond acceptors (Lipinski definition) is 7. The minimum absolute atomic E-state index is 0.262. The molecule has 0 bridgehead atoms. The Morgan fingerprint density at radius 1 is 1.21 bits per heavy atom. The van der Waals surface area contributed by atoms with Gasteiger partial charge in [-0.2, -0.15) is 4.98 Å². The molecule has 24 heavy (non-hydrogen) atoms. The normalized spacial score (nSPS) is 15.9. The van der Waals surface area contributed by atoms with Crippen LogP contribution in [-0.2, 0) is 6.54 Å². The van der Waals surface area contributed by atoms with Crippen LogP contribution < -0.4 is 10.2 Å². The minimum Gasteiger partial charge on any atom is -0.354 e. The molecule has 1 aliphatic heterocycles. The van der Waals surface area contributed by atoms with Gasteiger partial charge in [-0.3, -0.25) is 0 Å². The predicted molar refractivity (Wildman–Crippen MR) is 94.3 cm³/mol. The molecule has 0 aliphatic carbocycles. The fourth-order valence-electron chi connectivity index (χ4n) is 2.72. The van der Waals surface area contributed by atoms with Crippen LogP contribution >= 0.6 is 0 Å². The number of nitrogens with zero attached hydrogens (tertiary/aromatic N) is 5. The third-order valence-corrected chi connectivity index (χ3v) is 4.35. The lowest BCUT2D eigenvalue weighted by Gasteiger charge is -2.34. The van der Waals surface area contributed by atoms with Crippen LogP contribution in [0.2, 0.25) is 0 Å². The molecule has 0 spiro atoms. The third-order valence-electron chi connectivity index (χ3n) is 4.35. The summed E-state index contributed by atoms with van der Waals surface area (Å²) in [6.45, 7) is 12.3. The van der Waals surface area contributed by atoms with Crippen LogP contribution in [-0.4, -0.2) is 52.7 Å². The van der Waals surface area contributed by atoms with Crippen molar-refractivity contribution < 1.29 is 4.52 Å². The largest absolute Gasteiger partial charge is 0.354 e. The number of anilines is 2. The summed E-state index contributed by atoms with van der Waals surface area (Å²) in [7, 11) is 0. The summed E-state index contributed by atoms with van der Waals surface area (Å²) < 4.78 is 5.18. The monoisotopic (exact) mass is 330 g/mol. The number of likely N-dealkylation sites (N-methyl/N-ethyl adjacent to an activating group) is 1. The zero-order valence-corrected chi connectivity index (χ0v) is 14.7. The van der Waals surface area contributed by atoms with Gasteiger partial charge in [0.15, 0.2) is 5.82 Å². The highest BCUT2D eigenvalue weighted by Gasteiger charge is 2.16. The summed E-state index contributed by atoms with van der Waals surface area (Å²) in [5.41, 5.74) is 1.09. The summed E-state index contributed by atoms with van der Waals surface area (Å²) in [6.07, 6.45) is 1.91. The highest BCUT2D eigenvalue weighted by molar-refractivity contribution is 5.40. The molecule has 0 saturated carbocycles. The number of pyridine rings is 1. The van der Waals surface area contributed by atoms with E-state index in [1.165, 1.54) is 0 Å². The second-order valence-electron chi connectivity index (χ2n) is 6.41. The molecule has 0 unspecified atom stereocenters. The van der Waals surface area contributed by atoms with Gasteiger partial charge in [-0.15, -0.1) is 0 Å². The van der Waals surface area contributed by atoms with Gasteiger partial charge in [0.05, 0.1) is 0 Å².